The number of carbonyl (C=O) groups is 1. The quantitative estimate of drug-likeness (QED) is 0.632. The van der Waals surface area contributed by atoms with E-state index in [0.29, 0.717) is 11.3 Å². The molecule has 6 atom stereocenters. The van der Waals surface area contributed by atoms with Gasteiger partial charge in [-0.1, -0.05) is 27.2 Å². The maximum absolute atomic E-state index is 12.6. The third-order valence-corrected chi connectivity index (χ3v) is 8.27. The van der Waals surface area contributed by atoms with Gasteiger partial charge in [-0.25, -0.2) is 0 Å². The Bertz CT molecular complexity index is 457. The van der Waals surface area contributed by atoms with Crippen LogP contribution in [0.25, 0.3) is 0 Å². The molecule has 0 heterocycles. The molecule has 3 unspecified atom stereocenters. The Kier molecular flexibility index (Phi) is 4.57. The number of rotatable bonds is 2. The molecule has 0 saturated heterocycles. The molecule has 3 rings (SSSR count). The number of fused-ring (bicyclic) bond motifs is 3. The van der Waals surface area contributed by atoms with Gasteiger partial charge in [0.2, 0.25) is 0 Å². The van der Waals surface area contributed by atoms with Crippen LogP contribution in [-0.2, 0) is 9.53 Å². The first-order valence-electron chi connectivity index (χ1n) is 9.91. The van der Waals surface area contributed by atoms with Gasteiger partial charge in [0.15, 0.2) is 0 Å². The number of esters is 1. The van der Waals surface area contributed by atoms with Gasteiger partial charge in [0.1, 0.15) is 0 Å². The highest BCUT2D eigenvalue weighted by molar-refractivity contribution is 5.77. The van der Waals surface area contributed by atoms with Crippen LogP contribution >= 0.6 is 0 Å². The van der Waals surface area contributed by atoms with Crippen molar-refractivity contribution in [3.63, 3.8) is 0 Å². The third kappa shape index (κ3) is 2.65. The summed E-state index contributed by atoms with van der Waals surface area (Å²) in [7, 11) is 1.57. The monoisotopic (exact) mass is 320 g/mol. The summed E-state index contributed by atoms with van der Waals surface area (Å²) in [4.78, 5) is 12.6. The van der Waals surface area contributed by atoms with Crippen LogP contribution in [0.2, 0.25) is 0 Å². The normalized spacial score (nSPS) is 46.9. The van der Waals surface area contributed by atoms with Gasteiger partial charge in [-0.2, -0.15) is 0 Å². The maximum atomic E-state index is 12.6. The minimum absolute atomic E-state index is 0.0442. The summed E-state index contributed by atoms with van der Waals surface area (Å²) in [5, 5.41) is 0. The summed E-state index contributed by atoms with van der Waals surface area (Å²) in [6.45, 7) is 9.51. The zero-order valence-electron chi connectivity index (χ0n) is 15.9. The van der Waals surface area contributed by atoms with E-state index in [-0.39, 0.29) is 11.4 Å². The van der Waals surface area contributed by atoms with Gasteiger partial charge >= 0.3 is 5.97 Å². The highest BCUT2D eigenvalue weighted by Gasteiger charge is 2.59. The molecule has 0 aromatic heterocycles. The second-order valence-corrected chi connectivity index (χ2v) is 9.58. The number of hydrogen-bond donors (Lipinski definition) is 0. The van der Waals surface area contributed by atoms with Crippen molar-refractivity contribution in [1.29, 1.82) is 0 Å². The van der Waals surface area contributed by atoms with Crippen molar-refractivity contribution < 1.29 is 9.53 Å². The molecule has 0 bridgehead atoms. The van der Waals surface area contributed by atoms with E-state index >= 15 is 0 Å². The van der Waals surface area contributed by atoms with Crippen molar-refractivity contribution in [3.8, 4) is 0 Å². The first kappa shape index (κ1) is 17.3. The number of carbonyl (C=O) groups excluding carboxylic acids is 1. The zero-order chi connectivity index (χ0) is 16.8. The molecule has 0 radical (unpaired) electrons. The summed E-state index contributed by atoms with van der Waals surface area (Å²) in [5.74, 6) is 4.05. The minimum Gasteiger partial charge on any atom is -0.469 e. The van der Waals surface area contributed by atoms with Gasteiger partial charge in [0.05, 0.1) is 12.5 Å². The van der Waals surface area contributed by atoms with Crippen LogP contribution in [0.3, 0.4) is 0 Å². The summed E-state index contributed by atoms with van der Waals surface area (Å²) in [6, 6.07) is 0. The molecule has 23 heavy (non-hydrogen) atoms. The number of methoxy groups -OCH3 is 1. The Morgan fingerprint density at radius 3 is 2.48 bits per heavy atom. The zero-order valence-corrected chi connectivity index (χ0v) is 15.9. The molecule has 0 spiro atoms. The van der Waals surface area contributed by atoms with E-state index in [1.165, 1.54) is 44.9 Å². The van der Waals surface area contributed by atoms with Gasteiger partial charge in [-0.05, 0) is 86.9 Å². The highest BCUT2D eigenvalue weighted by atomic mass is 16.5. The Hall–Kier alpha value is -0.530. The van der Waals surface area contributed by atoms with Gasteiger partial charge in [-0.3, -0.25) is 4.79 Å². The molecule has 0 aliphatic heterocycles. The van der Waals surface area contributed by atoms with Crippen LogP contribution in [0.1, 0.15) is 79.1 Å². The fraction of sp³-hybridized carbons (Fsp3) is 0.952. The lowest BCUT2D eigenvalue weighted by Crippen LogP contribution is -2.56. The Labute approximate surface area is 142 Å². The predicted molar refractivity (Wildman–Crippen MR) is 94.0 cm³/mol. The first-order chi connectivity index (χ1) is 10.8. The molecule has 0 N–H and O–H groups in total. The molecule has 132 valence electrons. The average Bonchev–Trinajstić information content (AvgIpc) is 2.53. The Morgan fingerprint density at radius 2 is 1.83 bits per heavy atom. The molecule has 3 fully saturated rings. The molecule has 0 amide bonds. The van der Waals surface area contributed by atoms with Crippen LogP contribution in [0.5, 0.6) is 0 Å². The molecule has 3 saturated carbocycles. The number of hydrogen-bond acceptors (Lipinski definition) is 2. The summed E-state index contributed by atoms with van der Waals surface area (Å²) in [6.07, 6.45) is 10.3. The molecular weight excluding hydrogens is 284 g/mol. The van der Waals surface area contributed by atoms with E-state index in [2.05, 4.69) is 27.7 Å². The summed E-state index contributed by atoms with van der Waals surface area (Å²) >= 11 is 0. The molecule has 3 aliphatic rings. The summed E-state index contributed by atoms with van der Waals surface area (Å²) in [5.41, 5.74) is 0.105. The van der Waals surface area contributed by atoms with E-state index in [1.807, 2.05) is 0 Å². The predicted octanol–water partition coefficient (Wildman–Crippen LogP) is 5.45. The Morgan fingerprint density at radius 1 is 1.09 bits per heavy atom. The van der Waals surface area contributed by atoms with Gasteiger partial charge < -0.3 is 4.74 Å². The molecule has 0 aromatic carbocycles. The van der Waals surface area contributed by atoms with E-state index < -0.39 is 0 Å². The van der Waals surface area contributed by atoms with E-state index in [9.17, 15) is 4.79 Å². The molecule has 2 nitrogen and oxygen atoms in total. The lowest BCUT2D eigenvalue weighted by molar-refractivity contribution is -0.176. The van der Waals surface area contributed by atoms with E-state index in [1.54, 1.807) is 7.11 Å². The fourth-order valence-corrected chi connectivity index (χ4v) is 6.96. The van der Waals surface area contributed by atoms with E-state index in [4.69, 9.17) is 4.74 Å². The van der Waals surface area contributed by atoms with Crippen LogP contribution in [0.15, 0.2) is 0 Å². The van der Waals surface area contributed by atoms with Crippen molar-refractivity contribution in [2.24, 2.45) is 40.4 Å². The van der Waals surface area contributed by atoms with Crippen molar-refractivity contribution in [1.82, 2.24) is 0 Å². The van der Waals surface area contributed by atoms with E-state index in [0.717, 1.165) is 30.1 Å². The van der Waals surface area contributed by atoms with Gasteiger partial charge in [0.25, 0.3) is 0 Å². The van der Waals surface area contributed by atoms with Crippen LogP contribution < -0.4 is 0 Å². The number of ether oxygens (including phenoxy) is 1. The standard InChI is InChI=1S/C21H36O2/c1-14(2)15-7-9-17-16(13-15)8-10-18-20(17,3)11-6-12-21(18,4)19(22)23-5/h14-18H,6-13H2,1-5H3/t15?,16?,17?,18-,20-,21-/m1/s1. The summed E-state index contributed by atoms with van der Waals surface area (Å²) < 4.78 is 5.23. The molecular formula is C21H36O2. The second kappa shape index (κ2) is 6.08. The maximum Gasteiger partial charge on any atom is 0.311 e. The lowest BCUT2D eigenvalue weighted by atomic mass is 9.43. The smallest absolute Gasteiger partial charge is 0.311 e. The molecule has 3 aliphatic carbocycles. The first-order valence-corrected chi connectivity index (χ1v) is 9.91. The fourth-order valence-electron chi connectivity index (χ4n) is 6.96. The third-order valence-electron chi connectivity index (χ3n) is 8.27. The highest BCUT2D eigenvalue weighted by Crippen LogP contribution is 2.64. The van der Waals surface area contributed by atoms with Crippen molar-refractivity contribution in [2.75, 3.05) is 7.11 Å². The van der Waals surface area contributed by atoms with Crippen LogP contribution in [0, 0.1) is 40.4 Å². The van der Waals surface area contributed by atoms with Gasteiger partial charge in [0, 0.05) is 0 Å². The molecule has 2 heteroatoms. The van der Waals surface area contributed by atoms with Crippen molar-refractivity contribution >= 4 is 5.97 Å². The van der Waals surface area contributed by atoms with Crippen molar-refractivity contribution in [3.05, 3.63) is 0 Å². The SMILES string of the molecule is COC(=O)[C@]1(C)CCC[C@]2(C)C3CCC(C(C)C)CC3CC[C@@H]12. The second-order valence-electron chi connectivity index (χ2n) is 9.58. The molecule has 0 aromatic rings. The van der Waals surface area contributed by atoms with Crippen molar-refractivity contribution in [2.45, 2.75) is 79.1 Å². The largest absolute Gasteiger partial charge is 0.469 e. The topological polar surface area (TPSA) is 26.3 Å². The Balaban J connectivity index is 1.85. The van der Waals surface area contributed by atoms with Gasteiger partial charge in [-0.15, -0.1) is 0 Å². The van der Waals surface area contributed by atoms with Crippen LogP contribution in [-0.4, -0.2) is 13.1 Å². The van der Waals surface area contributed by atoms with Crippen LogP contribution in [0.4, 0.5) is 0 Å². The lowest BCUT2D eigenvalue weighted by Gasteiger charge is -2.61. The minimum atomic E-state index is -0.248. The average molecular weight is 321 g/mol.